The van der Waals surface area contributed by atoms with E-state index in [9.17, 15) is 9.18 Å². The fourth-order valence-corrected chi connectivity index (χ4v) is 2.62. The number of amides is 1. The Morgan fingerprint density at radius 2 is 2.32 bits per heavy atom. The number of carbonyl (C=O) groups excluding carboxylic acids is 1. The lowest BCUT2D eigenvalue weighted by atomic mass is 9.92. The van der Waals surface area contributed by atoms with Crippen molar-refractivity contribution >= 4 is 17.5 Å². The second-order valence-electron chi connectivity index (χ2n) is 5.14. The minimum Gasteiger partial charge on any atom is -0.338 e. The van der Waals surface area contributed by atoms with Crippen molar-refractivity contribution in [2.24, 2.45) is 11.7 Å². The van der Waals surface area contributed by atoms with E-state index < -0.39 is 5.82 Å². The van der Waals surface area contributed by atoms with E-state index in [1.165, 1.54) is 18.2 Å². The summed E-state index contributed by atoms with van der Waals surface area (Å²) < 4.78 is 13.8. The Hall–Kier alpha value is -1.13. The Labute approximate surface area is 117 Å². The predicted molar refractivity (Wildman–Crippen MR) is 73.7 cm³/mol. The molecule has 1 amide bonds. The molecular formula is C14H18ClFN2O. The van der Waals surface area contributed by atoms with Gasteiger partial charge < -0.3 is 10.6 Å². The molecule has 2 N–H and O–H groups in total. The van der Waals surface area contributed by atoms with Crippen molar-refractivity contribution in [3.05, 3.63) is 34.6 Å². The Morgan fingerprint density at radius 1 is 1.58 bits per heavy atom. The summed E-state index contributed by atoms with van der Waals surface area (Å²) in [6.07, 6.45) is 1.93. The highest BCUT2D eigenvalue weighted by Crippen LogP contribution is 2.22. The van der Waals surface area contributed by atoms with Crippen molar-refractivity contribution in [3.8, 4) is 0 Å². The fraction of sp³-hybridized carbons (Fsp3) is 0.500. The van der Waals surface area contributed by atoms with Crippen LogP contribution in [0.1, 0.15) is 30.1 Å². The molecule has 0 aromatic heterocycles. The summed E-state index contributed by atoms with van der Waals surface area (Å²) in [5.74, 6) is -0.562. The first-order valence-corrected chi connectivity index (χ1v) is 6.86. The van der Waals surface area contributed by atoms with Crippen LogP contribution in [0.2, 0.25) is 5.02 Å². The highest BCUT2D eigenvalue weighted by molar-refractivity contribution is 6.30. The van der Waals surface area contributed by atoms with E-state index in [-0.39, 0.29) is 23.4 Å². The lowest BCUT2D eigenvalue weighted by molar-refractivity contribution is 0.0656. The fourth-order valence-electron chi connectivity index (χ4n) is 2.46. The molecule has 5 heteroatoms. The van der Waals surface area contributed by atoms with Gasteiger partial charge in [-0.1, -0.05) is 11.6 Å². The maximum Gasteiger partial charge on any atom is 0.256 e. The van der Waals surface area contributed by atoms with Crippen molar-refractivity contribution in [2.45, 2.75) is 25.8 Å². The number of piperidine rings is 1. The second-order valence-corrected chi connectivity index (χ2v) is 5.57. The second kappa shape index (κ2) is 5.88. The van der Waals surface area contributed by atoms with Crippen LogP contribution in [-0.2, 0) is 0 Å². The zero-order valence-corrected chi connectivity index (χ0v) is 11.7. The Balaban J connectivity index is 2.15. The first kappa shape index (κ1) is 14.3. The molecule has 2 rings (SSSR count). The van der Waals surface area contributed by atoms with Crippen LogP contribution >= 0.6 is 11.6 Å². The van der Waals surface area contributed by atoms with Gasteiger partial charge in [0.2, 0.25) is 0 Å². The zero-order valence-electron chi connectivity index (χ0n) is 10.9. The van der Waals surface area contributed by atoms with Gasteiger partial charge in [0.15, 0.2) is 0 Å². The molecule has 0 spiro atoms. The van der Waals surface area contributed by atoms with Crippen molar-refractivity contribution in [1.29, 1.82) is 0 Å². The molecule has 1 saturated heterocycles. The van der Waals surface area contributed by atoms with E-state index in [1.807, 2.05) is 6.92 Å². The molecule has 1 aromatic rings. The number of nitrogens with two attached hydrogens (primary N) is 1. The third-order valence-electron chi connectivity index (χ3n) is 3.65. The monoisotopic (exact) mass is 284 g/mol. The summed E-state index contributed by atoms with van der Waals surface area (Å²) in [6, 6.07) is 4.19. The minimum absolute atomic E-state index is 0.0469. The summed E-state index contributed by atoms with van der Waals surface area (Å²) >= 11 is 5.69. The van der Waals surface area contributed by atoms with Gasteiger partial charge in [0.05, 0.1) is 5.56 Å². The van der Waals surface area contributed by atoms with Gasteiger partial charge in [-0.05, 0) is 43.9 Å². The molecule has 0 saturated carbocycles. The highest BCUT2D eigenvalue weighted by atomic mass is 35.5. The van der Waals surface area contributed by atoms with Gasteiger partial charge in [-0.25, -0.2) is 4.39 Å². The van der Waals surface area contributed by atoms with Crippen molar-refractivity contribution in [1.82, 2.24) is 4.90 Å². The lowest BCUT2D eigenvalue weighted by Gasteiger charge is -2.34. The minimum atomic E-state index is -0.569. The van der Waals surface area contributed by atoms with Crippen molar-refractivity contribution in [3.63, 3.8) is 0 Å². The van der Waals surface area contributed by atoms with Crippen LogP contribution < -0.4 is 5.73 Å². The molecule has 1 heterocycles. The summed E-state index contributed by atoms with van der Waals surface area (Å²) in [5, 5.41) is 0.293. The Kier molecular flexibility index (Phi) is 4.42. The maximum absolute atomic E-state index is 13.8. The van der Waals surface area contributed by atoms with Crippen LogP contribution in [0.15, 0.2) is 18.2 Å². The van der Waals surface area contributed by atoms with Crippen molar-refractivity contribution < 1.29 is 9.18 Å². The van der Waals surface area contributed by atoms with E-state index in [4.69, 9.17) is 17.3 Å². The normalized spacial score (nSPS) is 21.3. The number of hydrogen-bond acceptors (Lipinski definition) is 2. The van der Waals surface area contributed by atoms with E-state index in [0.717, 1.165) is 12.8 Å². The first-order chi connectivity index (χ1) is 8.99. The number of nitrogens with zero attached hydrogens (tertiary/aromatic N) is 1. The van der Waals surface area contributed by atoms with Crippen molar-refractivity contribution in [2.75, 3.05) is 13.1 Å². The lowest BCUT2D eigenvalue weighted by Crippen LogP contribution is -2.45. The Bertz CT molecular complexity index is 479. The van der Waals surface area contributed by atoms with Crippen LogP contribution in [-0.4, -0.2) is 29.9 Å². The molecular weight excluding hydrogens is 267 g/mol. The predicted octanol–water partition coefficient (Wildman–Crippen LogP) is 2.68. The topological polar surface area (TPSA) is 46.3 Å². The molecule has 2 atom stereocenters. The zero-order chi connectivity index (χ0) is 14.0. The summed E-state index contributed by atoms with van der Waals surface area (Å²) in [5.41, 5.74) is 5.97. The van der Waals surface area contributed by atoms with Gasteiger partial charge >= 0.3 is 0 Å². The van der Waals surface area contributed by atoms with Gasteiger partial charge in [0, 0.05) is 24.2 Å². The third kappa shape index (κ3) is 3.25. The molecule has 3 nitrogen and oxygen atoms in total. The molecule has 0 unspecified atom stereocenters. The van der Waals surface area contributed by atoms with Crippen LogP contribution in [0, 0.1) is 11.7 Å². The molecule has 0 bridgehead atoms. The first-order valence-electron chi connectivity index (χ1n) is 6.49. The average molecular weight is 285 g/mol. The number of benzene rings is 1. The molecule has 1 aromatic carbocycles. The number of carbonyl (C=O) groups is 1. The smallest absolute Gasteiger partial charge is 0.256 e. The Morgan fingerprint density at radius 3 is 2.95 bits per heavy atom. The quantitative estimate of drug-likeness (QED) is 0.907. The molecule has 1 aliphatic heterocycles. The number of hydrogen-bond donors (Lipinski definition) is 1. The van der Waals surface area contributed by atoms with Crippen LogP contribution in [0.4, 0.5) is 4.39 Å². The van der Waals surface area contributed by atoms with E-state index in [2.05, 4.69) is 0 Å². The van der Waals surface area contributed by atoms with Gasteiger partial charge in [0.25, 0.3) is 5.91 Å². The standard InChI is InChI=1S/C14H18ClFN2O/c1-9(17)10-3-2-6-18(8-10)14(19)12-5-4-11(15)7-13(12)16/h4-5,7,9-10H,2-3,6,8,17H2,1H3/t9-,10+/m0/s1. The largest absolute Gasteiger partial charge is 0.338 e. The van der Waals surface area contributed by atoms with Crippen LogP contribution in [0.5, 0.6) is 0 Å². The third-order valence-corrected chi connectivity index (χ3v) is 3.89. The highest BCUT2D eigenvalue weighted by Gasteiger charge is 2.27. The number of likely N-dealkylation sites (tertiary alicyclic amines) is 1. The molecule has 19 heavy (non-hydrogen) atoms. The summed E-state index contributed by atoms with van der Waals surface area (Å²) in [7, 11) is 0. The summed E-state index contributed by atoms with van der Waals surface area (Å²) in [4.78, 5) is 14.0. The van der Waals surface area contributed by atoms with E-state index in [1.54, 1.807) is 4.90 Å². The van der Waals surface area contributed by atoms with Crippen LogP contribution in [0.25, 0.3) is 0 Å². The van der Waals surface area contributed by atoms with Gasteiger partial charge in [-0.3, -0.25) is 4.79 Å². The van der Waals surface area contributed by atoms with Gasteiger partial charge in [-0.15, -0.1) is 0 Å². The SMILES string of the molecule is C[C@H](N)[C@@H]1CCCN(C(=O)c2ccc(Cl)cc2F)C1. The van der Waals surface area contributed by atoms with E-state index in [0.29, 0.717) is 18.1 Å². The molecule has 1 aliphatic rings. The number of halogens is 2. The van der Waals surface area contributed by atoms with E-state index >= 15 is 0 Å². The molecule has 104 valence electrons. The van der Waals surface area contributed by atoms with Crippen LogP contribution in [0.3, 0.4) is 0 Å². The number of rotatable bonds is 2. The average Bonchev–Trinajstić information content (AvgIpc) is 2.38. The van der Waals surface area contributed by atoms with Gasteiger partial charge in [-0.2, -0.15) is 0 Å². The maximum atomic E-state index is 13.8. The molecule has 0 aliphatic carbocycles. The summed E-state index contributed by atoms with van der Waals surface area (Å²) in [6.45, 7) is 3.20. The molecule has 0 radical (unpaired) electrons. The molecule has 1 fully saturated rings. The van der Waals surface area contributed by atoms with Gasteiger partial charge in [0.1, 0.15) is 5.82 Å².